The molecule has 16 heavy (non-hydrogen) atoms. The minimum atomic E-state index is 0.778. The zero-order valence-electron chi connectivity index (χ0n) is 9.62. The second-order valence-corrected chi connectivity index (χ2v) is 6.26. The number of benzene rings is 1. The molecule has 2 rings (SSSR count). The molecule has 0 aromatic heterocycles. The number of hydrogen-bond acceptors (Lipinski definition) is 1. The number of hydrogen-bond donors (Lipinski definition) is 0. The molecule has 0 nitrogen and oxygen atoms in total. The Hall–Kier alpha value is -0.140. The first kappa shape index (κ1) is 12.3. The van der Waals surface area contributed by atoms with Crippen molar-refractivity contribution in [3.63, 3.8) is 0 Å². The molecule has 1 fully saturated rings. The molecule has 1 aliphatic carbocycles. The predicted molar refractivity (Wildman–Crippen MR) is 73.4 cm³/mol. The van der Waals surface area contributed by atoms with Gasteiger partial charge in [-0.2, -0.15) is 0 Å². The van der Waals surface area contributed by atoms with Crippen LogP contribution in [0.25, 0.3) is 0 Å². The zero-order chi connectivity index (χ0) is 11.2. The predicted octanol–water partition coefficient (Wildman–Crippen LogP) is 5.55. The number of thioether (sulfide) groups is 1. The summed E-state index contributed by atoms with van der Waals surface area (Å²) in [6.07, 6.45) is 9.76. The maximum Gasteiger partial charge on any atom is 0.0541 e. The average Bonchev–Trinajstić information content (AvgIpc) is 2.24. The van der Waals surface area contributed by atoms with Crippen LogP contribution >= 0.6 is 23.4 Å². The fourth-order valence-corrected chi connectivity index (χ4v) is 3.79. The summed E-state index contributed by atoms with van der Waals surface area (Å²) in [5.41, 5.74) is 0. The second-order valence-electron chi connectivity index (χ2n) is 4.52. The van der Waals surface area contributed by atoms with Crippen molar-refractivity contribution >= 4 is 23.4 Å². The lowest BCUT2D eigenvalue weighted by atomic mass is 10.0. The molecule has 0 bridgehead atoms. The van der Waals surface area contributed by atoms with Gasteiger partial charge in [0.25, 0.3) is 0 Å². The van der Waals surface area contributed by atoms with Crippen molar-refractivity contribution in [3.05, 3.63) is 29.3 Å². The first-order valence-electron chi connectivity index (χ1n) is 6.27. The lowest BCUT2D eigenvalue weighted by molar-refractivity contribution is 0.513. The van der Waals surface area contributed by atoms with Gasteiger partial charge in [-0.1, -0.05) is 55.8 Å². The molecule has 0 amide bonds. The lowest BCUT2D eigenvalue weighted by Gasteiger charge is -2.19. The van der Waals surface area contributed by atoms with Crippen molar-refractivity contribution in [1.82, 2.24) is 0 Å². The zero-order valence-corrected chi connectivity index (χ0v) is 11.2. The largest absolute Gasteiger partial charge is 0.121 e. The second kappa shape index (κ2) is 6.56. The third-order valence-corrected chi connectivity index (χ3v) is 5.04. The van der Waals surface area contributed by atoms with E-state index in [1.54, 1.807) is 0 Å². The van der Waals surface area contributed by atoms with Crippen LogP contribution in [0.4, 0.5) is 0 Å². The summed E-state index contributed by atoms with van der Waals surface area (Å²) in [4.78, 5) is 1.26. The van der Waals surface area contributed by atoms with Gasteiger partial charge in [-0.15, -0.1) is 11.8 Å². The van der Waals surface area contributed by atoms with Crippen molar-refractivity contribution in [1.29, 1.82) is 0 Å². The van der Waals surface area contributed by atoms with Gasteiger partial charge in [0.2, 0.25) is 0 Å². The summed E-state index contributed by atoms with van der Waals surface area (Å²) in [6, 6.07) is 8.22. The molecule has 0 spiro atoms. The summed E-state index contributed by atoms with van der Waals surface area (Å²) in [5.74, 6) is 0. The van der Waals surface area contributed by atoms with Gasteiger partial charge in [-0.3, -0.25) is 0 Å². The van der Waals surface area contributed by atoms with Crippen LogP contribution in [-0.4, -0.2) is 5.25 Å². The molecule has 0 aliphatic heterocycles. The Bertz CT molecular complexity index is 316. The van der Waals surface area contributed by atoms with Crippen LogP contribution in [0, 0.1) is 0 Å². The first-order valence-corrected chi connectivity index (χ1v) is 7.53. The van der Waals surface area contributed by atoms with E-state index in [0.29, 0.717) is 0 Å². The van der Waals surface area contributed by atoms with Crippen LogP contribution < -0.4 is 0 Å². The minimum absolute atomic E-state index is 0.778. The van der Waals surface area contributed by atoms with E-state index in [2.05, 4.69) is 12.1 Å². The standard InChI is InChI=1S/C14H19ClS/c15-13-10-6-7-11-14(13)16-12-8-4-2-1-3-5-9-12/h6-7,10-12H,1-5,8-9H2. The molecule has 1 aromatic carbocycles. The van der Waals surface area contributed by atoms with E-state index in [4.69, 9.17) is 11.6 Å². The van der Waals surface area contributed by atoms with Crippen LogP contribution in [-0.2, 0) is 0 Å². The van der Waals surface area contributed by atoms with Gasteiger partial charge in [0.05, 0.1) is 5.02 Å². The molecule has 1 aliphatic rings. The van der Waals surface area contributed by atoms with Gasteiger partial charge in [0.1, 0.15) is 0 Å². The average molecular weight is 255 g/mol. The minimum Gasteiger partial charge on any atom is -0.121 e. The summed E-state index contributed by atoms with van der Waals surface area (Å²) in [6.45, 7) is 0. The summed E-state index contributed by atoms with van der Waals surface area (Å²) < 4.78 is 0. The van der Waals surface area contributed by atoms with Gasteiger partial charge in [-0.05, 0) is 25.0 Å². The highest BCUT2D eigenvalue weighted by atomic mass is 35.5. The molecular weight excluding hydrogens is 236 g/mol. The molecule has 1 aromatic rings. The molecule has 1 saturated carbocycles. The summed E-state index contributed by atoms with van der Waals surface area (Å²) in [5, 5.41) is 1.69. The quantitative estimate of drug-likeness (QED) is 0.667. The van der Waals surface area contributed by atoms with Gasteiger partial charge in [-0.25, -0.2) is 0 Å². The molecule has 88 valence electrons. The SMILES string of the molecule is Clc1ccccc1SC1CCCCCCC1. The first-order chi connectivity index (χ1) is 7.86. The number of halogens is 1. The van der Waals surface area contributed by atoms with Gasteiger partial charge < -0.3 is 0 Å². The third kappa shape index (κ3) is 3.71. The molecule has 0 unspecified atom stereocenters. The third-order valence-electron chi connectivity index (χ3n) is 3.18. The Labute approximate surface area is 108 Å². The Morgan fingerprint density at radius 1 is 0.938 bits per heavy atom. The van der Waals surface area contributed by atoms with Crippen LogP contribution in [0.1, 0.15) is 44.9 Å². The molecule has 0 heterocycles. The molecule has 0 atom stereocenters. The van der Waals surface area contributed by atoms with E-state index in [1.807, 2.05) is 23.9 Å². The van der Waals surface area contributed by atoms with E-state index >= 15 is 0 Å². The topological polar surface area (TPSA) is 0 Å². The molecular formula is C14H19ClS. The van der Waals surface area contributed by atoms with Gasteiger partial charge in [0, 0.05) is 10.1 Å². The van der Waals surface area contributed by atoms with Crippen molar-refractivity contribution in [2.75, 3.05) is 0 Å². The normalized spacial score (nSPS) is 19.1. The van der Waals surface area contributed by atoms with Gasteiger partial charge in [0.15, 0.2) is 0 Å². The van der Waals surface area contributed by atoms with Crippen LogP contribution in [0.3, 0.4) is 0 Å². The van der Waals surface area contributed by atoms with Crippen molar-refractivity contribution < 1.29 is 0 Å². The van der Waals surface area contributed by atoms with E-state index < -0.39 is 0 Å². The van der Waals surface area contributed by atoms with Crippen LogP contribution in [0.5, 0.6) is 0 Å². The Morgan fingerprint density at radius 2 is 1.56 bits per heavy atom. The van der Waals surface area contributed by atoms with E-state index in [9.17, 15) is 0 Å². The molecule has 2 heteroatoms. The Kier molecular flexibility index (Phi) is 5.05. The highest BCUT2D eigenvalue weighted by Gasteiger charge is 2.13. The summed E-state index contributed by atoms with van der Waals surface area (Å²) in [7, 11) is 0. The fourth-order valence-electron chi connectivity index (χ4n) is 2.26. The van der Waals surface area contributed by atoms with Crippen molar-refractivity contribution in [2.24, 2.45) is 0 Å². The Morgan fingerprint density at radius 3 is 2.25 bits per heavy atom. The van der Waals surface area contributed by atoms with E-state index in [0.717, 1.165) is 10.3 Å². The summed E-state index contributed by atoms with van der Waals surface area (Å²) >= 11 is 8.18. The molecule has 0 N–H and O–H groups in total. The lowest BCUT2D eigenvalue weighted by Crippen LogP contribution is -2.05. The monoisotopic (exact) mass is 254 g/mol. The van der Waals surface area contributed by atoms with Crippen LogP contribution in [0.15, 0.2) is 29.2 Å². The van der Waals surface area contributed by atoms with Gasteiger partial charge >= 0.3 is 0 Å². The highest BCUT2D eigenvalue weighted by molar-refractivity contribution is 8.00. The molecule has 0 radical (unpaired) electrons. The maximum absolute atomic E-state index is 6.20. The van der Waals surface area contributed by atoms with Crippen LogP contribution in [0.2, 0.25) is 5.02 Å². The maximum atomic E-state index is 6.20. The smallest absolute Gasteiger partial charge is 0.0541 e. The van der Waals surface area contributed by atoms with Crippen molar-refractivity contribution in [3.8, 4) is 0 Å². The van der Waals surface area contributed by atoms with E-state index in [1.165, 1.54) is 49.8 Å². The Balaban J connectivity index is 1.94. The number of rotatable bonds is 2. The fraction of sp³-hybridized carbons (Fsp3) is 0.571. The highest BCUT2D eigenvalue weighted by Crippen LogP contribution is 2.35. The van der Waals surface area contributed by atoms with Crippen molar-refractivity contribution in [2.45, 2.75) is 55.1 Å². The van der Waals surface area contributed by atoms with E-state index in [-0.39, 0.29) is 0 Å². The molecule has 0 saturated heterocycles.